The molecule has 1 unspecified atom stereocenters. The van der Waals surface area contributed by atoms with Crippen LogP contribution in [0.5, 0.6) is 11.5 Å². The summed E-state index contributed by atoms with van der Waals surface area (Å²) in [6.45, 7) is 2.90. The molecule has 4 heterocycles. The smallest absolute Gasteiger partial charge is 0.158 e. The largest absolute Gasteiger partial charge is 0.455 e. The second-order valence-corrected chi connectivity index (χ2v) is 8.50. The molecule has 9 heteroatoms. The number of ketones is 1. The summed E-state index contributed by atoms with van der Waals surface area (Å²) in [5.74, 6) is 1.84. The molecule has 0 spiro atoms. The van der Waals surface area contributed by atoms with Gasteiger partial charge in [-0.15, -0.1) is 0 Å². The van der Waals surface area contributed by atoms with Crippen molar-refractivity contribution in [1.82, 2.24) is 29.8 Å². The average Bonchev–Trinajstić information content (AvgIpc) is 3.44. The molecule has 0 aliphatic carbocycles. The van der Waals surface area contributed by atoms with Gasteiger partial charge in [0.15, 0.2) is 11.6 Å². The first-order valence-corrected chi connectivity index (χ1v) is 11.2. The number of H-pyrrole nitrogens is 1. The maximum absolute atomic E-state index is 13.1. The lowest BCUT2D eigenvalue weighted by Crippen LogP contribution is -2.44. The summed E-state index contributed by atoms with van der Waals surface area (Å²) in [4.78, 5) is 36.1. The Balaban J connectivity index is 1.64. The number of fused-ring (bicyclic) bond motifs is 1. The highest BCUT2D eigenvalue weighted by atomic mass is 16.5. The van der Waals surface area contributed by atoms with Crippen molar-refractivity contribution in [2.45, 2.75) is 31.9 Å². The molecule has 34 heavy (non-hydrogen) atoms. The van der Waals surface area contributed by atoms with Crippen molar-refractivity contribution in [2.24, 2.45) is 0 Å². The fourth-order valence-corrected chi connectivity index (χ4v) is 4.75. The second-order valence-electron chi connectivity index (χ2n) is 8.50. The number of Topliss-reactive ketones (excluding diaryl/α,β-unsaturated/α-hetero) is 1. The number of benzene rings is 1. The number of ether oxygens (including phenoxy) is 2. The predicted octanol–water partition coefficient (Wildman–Crippen LogP) is 3.86. The molecule has 4 aromatic rings. The highest BCUT2D eigenvalue weighted by Crippen LogP contribution is 2.45. The maximum atomic E-state index is 13.1. The van der Waals surface area contributed by atoms with E-state index in [-0.39, 0.29) is 5.78 Å². The molecule has 5 rings (SSSR count). The summed E-state index contributed by atoms with van der Waals surface area (Å²) in [5.41, 5.74) is 3.00. The molecule has 174 valence electrons. The summed E-state index contributed by atoms with van der Waals surface area (Å²) in [7, 11) is 3.62. The van der Waals surface area contributed by atoms with E-state index in [1.54, 1.807) is 38.8 Å². The number of imidazole rings is 1. The standard InChI is InChI=1S/C25H26N6O3/c1-16(32)25(7-4-10-31(25)2)19-11-20-21(30-24(29-20)22-14-26-8-9-27-22)12-23(19)34-18-6-5-17(15-33-3)28-13-18/h5-6,8-9,11-14H,4,7,10,15H2,1-3H3,(H,29,30). The zero-order chi connectivity index (χ0) is 23.7. The molecule has 1 atom stereocenters. The van der Waals surface area contributed by atoms with Crippen LogP contribution in [0.15, 0.2) is 49.1 Å². The van der Waals surface area contributed by atoms with Gasteiger partial charge >= 0.3 is 0 Å². The highest BCUT2D eigenvalue weighted by molar-refractivity contribution is 5.91. The SMILES string of the molecule is COCc1ccc(Oc2cc3nc(-c4cnccn4)[nH]c3cc2C2(C(C)=O)CCCN2C)cn1. The number of methoxy groups -OCH3 is 1. The number of pyridine rings is 1. The lowest BCUT2D eigenvalue weighted by Gasteiger charge is -2.35. The summed E-state index contributed by atoms with van der Waals surface area (Å²) in [6.07, 6.45) is 8.21. The van der Waals surface area contributed by atoms with Gasteiger partial charge in [-0.2, -0.15) is 0 Å². The first kappa shape index (κ1) is 22.1. The Hall–Kier alpha value is -3.69. The molecular weight excluding hydrogens is 432 g/mol. The molecule has 3 aromatic heterocycles. The molecule has 1 aliphatic rings. The summed E-state index contributed by atoms with van der Waals surface area (Å²) in [6, 6.07) is 7.57. The third-order valence-corrected chi connectivity index (χ3v) is 6.42. The summed E-state index contributed by atoms with van der Waals surface area (Å²) in [5, 5.41) is 0. The topological polar surface area (TPSA) is 106 Å². The Morgan fingerprint density at radius 2 is 2.09 bits per heavy atom. The Labute approximate surface area is 197 Å². The van der Waals surface area contributed by atoms with Crippen LogP contribution in [0.1, 0.15) is 31.0 Å². The minimum Gasteiger partial charge on any atom is -0.455 e. The van der Waals surface area contributed by atoms with Gasteiger partial charge in [0.2, 0.25) is 0 Å². The van der Waals surface area contributed by atoms with E-state index in [0.29, 0.717) is 35.1 Å². The lowest BCUT2D eigenvalue weighted by molar-refractivity contribution is -0.127. The van der Waals surface area contributed by atoms with Gasteiger partial charge in [0.25, 0.3) is 0 Å². The van der Waals surface area contributed by atoms with E-state index in [0.717, 1.165) is 36.2 Å². The molecule has 0 saturated carbocycles. The second kappa shape index (κ2) is 8.92. The number of rotatable bonds is 7. The van der Waals surface area contributed by atoms with E-state index in [1.165, 1.54) is 0 Å². The van der Waals surface area contributed by atoms with E-state index in [2.05, 4.69) is 24.8 Å². The molecule has 0 bridgehead atoms. The van der Waals surface area contributed by atoms with Crippen LogP contribution < -0.4 is 4.74 Å². The minimum atomic E-state index is -0.773. The average molecular weight is 459 g/mol. The number of carbonyl (C=O) groups is 1. The van der Waals surface area contributed by atoms with Crippen molar-refractivity contribution in [3.8, 4) is 23.0 Å². The molecule has 9 nitrogen and oxygen atoms in total. The molecule has 1 fully saturated rings. The van der Waals surface area contributed by atoms with Crippen molar-refractivity contribution >= 4 is 16.8 Å². The molecule has 1 N–H and O–H groups in total. The summed E-state index contributed by atoms with van der Waals surface area (Å²) < 4.78 is 11.5. The Bertz CT molecular complexity index is 1320. The van der Waals surface area contributed by atoms with Crippen LogP contribution in [0.4, 0.5) is 0 Å². The van der Waals surface area contributed by atoms with Crippen LogP contribution in [0, 0.1) is 0 Å². The van der Waals surface area contributed by atoms with Gasteiger partial charge in [0, 0.05) is 31.1 Å². The number of likely N-dealkylation sites (N-methyl/N-ethyl adjacent to an activating group) is 1. The lowest BCUT2D eigenvalue weighted by atomic mass is 9.83. The number of carbonyl (C=O) groups excluding carboxylic acids is 1. The number of likely N-dealkylation sites (tertiary alicyclic amines) is 1. The zero-order valence-corrected chi connectivity index (χ0v) is 19.4. The molecule has 1 aromatic carbocycles. The van der Waals surface area contributed by atoms with Crippen molar-refractivity contribution in [1.29, 1.82) is 0 Å². The van der Waals surface area contributed by atoms with Gasteiger partial charge < -0.3 is 14.5 Å². The Kier molecular flexibility index (Phi) is 5.80. The first-order chi connectivity index (χ1) is 16.5. The van der Waals surface area contributed by atoms with E-state index < -0.39 is 5.54 Å². The number of aromatic nitrogens is 5. The molecule has 0 radical (unpaired) electrons. The molecular formula is C25H26N6O3. The predicted molar refractivity (Wildman–Crippen MR) is 126 cm³/mol. The third-order valence-electron chi connectivity index (χ3n) is 6.42. The minimum absolute atomic E-state index is 0.0823. The number of nitrogens with one attached hydrogen (secondary N) is 1. The Morgan fingerprint density at radius 1 is 1.21 bits per heavy atom. The number of hydrogen-bond donors (Lipinski definition) is 1. The highest BCUT2D eigenvalue weighted by Gasteiger charge is 2.46. The fraction of sp³-hybridized carbons (Fsp3) is 0.320. The van der Waals surface area contributed by atoms with Crippen LogP contribution in [-0.4, -0.2) is 56.3 Å². The number of aromatic amines is 1. The van der Waals surface area contributed by atoms with Crippen molar-refractivity contribution < 1.29 is 14.3 Å². The first-order valence-electron chi connectivity index (χ1n) is 11.2. The van der Waals surface area contributed by atoms with Crippen molar-refractivity contribution in [3.63, 3.8) is 0 Å². The summed E-state index contributed by atoms with van der Waals surface area (Å²) >= 11 is 0. The van der Waals surface area contributed by atoms with Gasteiger partial charge in [-0.3, -0.25) is 19.7 Å². The van der Waals surface area contributed by atoms with Crippen LogP contribution in [0.2, 0.25) is 0 Å². The van der Waals surface area contributed by atoms with Gasteiger partial charge in [0.05, 0.1) is 35.7 Å². The van der Waals surface area contributed by atoms with Crippen molar-refractivity contribution in [2.75, 3.05) is 20.7 Å². The molecule has 0 amide bonds. The van der Waals surface area contributed by atoms with Gasteiger partial charge in [-0.05, 0) is 51.6 Å². The van der Waals surface area contributed by atoms with Gasteiger partial charge in [-0.1, -0.05) is 0 Å². The normalized spacial score (nSPS) is 18.4. The molecule has 1 saturated heterocycles. The Morgan fingerprint density at radius 3 is 2.74 bits per heavy atom. The van der Waals surface area contributed by atoms with Crippen LogP contribution >= 0.6 is 0 Å². The quantitative estimate of drug-likeness (QED) is 0.445. The monoisotopic (exact) mass is 458 g/mol. The third kappa shape index (κ3) is 3.82. The van der Waals surface area contributed by atoms with Gasteiger partial charge in [0.1, 0.15) is 22.7 Å². The fourth-order valence-electron chi connectivity index (χ4n) is 4.75. The zero-order valence-electron chi connectivity index (χ0n) is 19.4. The van der Waals surface area contributed by atoms with Crippen LogP contribution in [-0.2, 0) is 21.7 Å². The maximum Gasteiger partial charge on any atom is 0.158 e. The number of nitrogens with zero attached hydrogens (tertiary/aromatic N) is 5. The van der Waals surface area contributed by atoms with Crippen molar-refractivity contribution in [3.05, 3.63) is 60.3 Å². The molecule has 1 aliphatic heterocycles. The van der Waals surface area contributed by atoms with E-state index in [4.69, 9.17) is 14.5 Å². The number of hydrogen-bond acceptors (Lipinski definition) is 8. The van der Waals surface area contributed by atoms with Crippen LogP contribution in [0.25, 0.3) is 22.6 Å². The van der Waals surface area contributed by atoms with E-state index in [9.17, 15) is 4.79 Å². The van der Waals surface area contributed by atoms with Gasteiger partial charge in [-0.25, -0.2) is 9.97 Å². The van der Waals surface area contributed by atoms with E-state index in [1.807, 2.05) is 31.3 Å². The van der Waals surface area contributed by atoms with E-state index >= 15 is 0 Å². The van der Waals surface area contributed by atoms with Crippen LogP contribution in [0.3, 0.4) is 0 Å².